The Labute approximate surface area is 118 Å². The van der Waals surface area contributed by atoms with Gasteiger partial charge in [0.1, 0.15) is 0 Å². The average molecular weight is 296 g/mol. The number of methoxy groups -OCH3 is 2. The molecular formula is C10H12N6O3S. The Bertz CT molecular complexity index is 595. The van der Waals surface area contributed by atoms with E-state index in [0.717, 1.165) is 11.3 Å². The van der Waals surface area contributed by atoms with Gasteiger partial charge in [-0.25, -0.2) is 0 Å². The van der Waals surface area contributed by atoms with E-state index in [1.165, 1.54) is 20.3 Å². The van der Waals surface area contributed by atoms with Gasteiger partial charge < -0.3 is 14.8 Å². The fourth-order valence-corrected chi connectivity index (χ4v) is 1.83. The van der Waals surface area contributed by atoms with E-state index in [1.54, 1.807) is 7.05 Å². The maximum Gasteiger partial charge on any atom is 0.289 e. The number of rotatable bonds is 5. The van der Waals surface area contributed by atoms with Gasteiger partial charge in [-0.05, 0) is 0 Å². The average Bonchev–Trinajstić information content (AvgIpc) is 2.95. The molecule has 106 valence electrons. The molecule has 0 bridgehead atoms. The molecule has 2 rings (SSSR count). The molecule has 0 aliphatic heterocycles. The van der Waals surface area contributed by atoms with Crippen molar-refractivity contribution in [2.45, 2.75) is 0 Å². The van der Waals surface area contributed by atoms with Crippen LogP contribution in [0.25, 0.3) is 0 Å². The molecule has 0 spiro atoms. The highest BCUT2D eigenvalue weighted by molar-refractivity contribution is 7.17. The summed E-state index contributed by atoms with van der Waals surface area (Å²) >= 11 is 1.12. The van der Waals surface area contributed by atoms with Gasteiger partial charge in [0.15, 0.2) is 0 Å². The zero-order valence-electron chi connectivity index (χ0n) is 11.0. The van der Waals surface area contributed by atoms with Gasteiger partial charge in [-0.15, -0.1) is 10.2 Å². The second-order valence-electron chi connectivity index (χ2n) is 3.39. The summed E-state index contributed by atoms with van der Waals surface area (Å²) in [4.78, 5) is 19.9. The first-order valence-electron chi connectivity index (χ1n) is 5.46. The van der Waals surface area contributed by atoms with Crippen molar-refractivity contribution in [2.24, 2.45) is 0 Å². The van der Waals surface area contributed by atoms with Crippen LogP contribution in [0.5, 0.6) is 11.8 Å². The number of nitrogens with one attached hydrogen (secondary N) is 2. The lowest BCUT2D eigenvalue weighted by Gasteiger charge is -2.06. The zero-order chi connectivity index (χ0) is 14.5. The maximum absolute atomic E-state index is 11.9. The lowest BCUT2D eigenvalue weighted by Crippen LogP contribution is -2.14. The molecule has 0 fully saturated rings. The number of carbonyl (C=O) groups excluding carboxylic acids is 1. The monoisotopic (exact) mass is 296 g/mol. The zero-order valence-corrected chi connectivity index (χ0v) is 11.8. The summed E-state index contributed by atoms with van der Waals surface area (Å²) in [5.41, 5.74) is 0. The Balaban J connectivity index is 2.18. The molecule has 20 heavy (non-hydrogen) atoms. The van der Waals surface area contributed by atoms with Crippen molar-refractivity contribution in [3.05, 3.63) is 11.1 Å². The predicted octanol–water partition coefficient (Wildman–Crippen LogP) is 0.639. The van der Waals surface area contributed by atoms with Crippen molar-refractivity contribution < 1.29 is 14.3 Å². The SMILES string of the molecule is CNc1nnc(C(=O)Nc2nc(OC)cc(OC)n2)s1. The van der Waals surface area contributed by atoms with Gasteiger partial charge in [0, 0.05) is 7.05 Å². The quantitative estimate of drug-likeness (QED) is 0.826. The van der Waals surface area contributed by atoms with Gasteiger partial charge in [0.2, 0.25) is 27.8 Å². The van der Waals surface area contributed by atoms with E-state index in [-0.39, 0.29) is 22.7 Å². The van der Waals surface area contributed by atoms with E-state index >= 15 is 0 Å². The van der Waals surface area contributed by atoms with Gasteiger partial charge >= 0.3 is 0 Å². The summed E-state index contributed by atoms with van der Waals surface area (Å²) in [5, 5.41) is 13.6. The maximum atomic E-state index is 11.9. The first-order valence-corrected chi connectivity index (χ1v) is 6.27. The Kier molecular flexibility index (Phi) is 4.25. The molecule has 9 nitrogen and oxygen atoms in total. The summed E-state index contributed by atoms with van der Waals surface area (Å²) < 4.78 is 9.98. The molecule has 0 aromatic carbocycles. The van der Waals surface area contributed by atoms with E-state index in [1.807, 2.05) is 0 Å². The van der Waals surface area contributed by atoms with E-state index in [0.29, 0.717) is 5.13 Å². The molecule has 0 aliphatic carbocycles. The summed E-state index contributed by atoms with van der Waals surface area (Å²) in [6.07, 6.45) is 0. The Morgan fingerprint density at radius 2 is 1.85 bits per heavy atom. The highest BCUT2D eigenvalue weighted by atomic mass is 32.1. The lowest BCUT2D eigenvalue weighted by atomic mass is 10.5. The van der Waals surface area contributed by atoms with Gasteiger partial charge in [0.05, 0.1) is 20.3 Å². The van der Waals surface area contributed by atoms with Crippen LogP contribution in [0.2, 0.25) is 0 Å². The highest BCUT2D eigenvalue weighted by Gasteiger charge is 2.15. The number of aromatic nitrogens is 4. The normalized spacial score (nSPS) is 9.95. The molecule has 0 aliphatic rings. The van der Waals surface area contributed by atoms with Gasteiger partial charge in [0.25, 0.3) is 5.91 Å². The van der Waals surface area contributed by atoms with Crippen molar-refractivity contribution in [3.8, 4) is 11.8 Å². The molecule has 0 atom stereocenters. The van der Waals surface area contributed by atoms with Crippen LogP contribution in [0.1, 0.15) is 9.80 Å². The molecule has 2 heterocycles. The molecule has 0 saturated carbocycles. The summed E-state index contributed by atoms with van der Waals surface area (Å²) in [5.74, 6) is 0.160. The third kappa shape index (κ3) is 3.09. The topological polar surface area (TPSA) is 111 Å². The number of hydrogen-bond acceptors (Lipinski definition) is 9. The minimum absolute atomic E-state index is 0.0624. The smallest absolute Gasteiger partial charge is 0.289 e. The first-order chi connectivity index (χ1) is 9.66. The van der Waals surface area contributed by atoms with Gasteiger partial charge in [-0.2, -0.15) is 9.97 Å². The number of nitrogens with zero attached hydrogens (tertiary/aromatic N) is 4. The van der Waals surface area contributed by atoms with Gasteiger partial charge in [-0.3, -0.25) is 10.1 Å². The third-order valence-corrected chi connectivity index (χ3v) is 3.10. The fourth-order valence-electron chi connectivity index (χ4n) is 1.24. The second kappa shape index (κ2) is 6.10. The second-order valence-corrected chi connectivity index (χ2v) is 4.37. The Hall–Kier alpha value is -2.49. The minimum Gasteiger partial charge on any atom is -0.481 e. The van der Waals surface area contributed by atoms with Crippen LogP contribution in [0.15, 0.2) is 6.07 Å². The van der Waals surface area contributed by atoms with Crippen LogP contribution in [0.4, 0.5) is 11.1 Å². The molecular weight excluding hydrogens is 284 g/mol. The molecule has 2 aromatic heterocycles. The van der Waals surface area contributed by atoms with E-state index in [2.05, 4.69) is 30.8 Å². The molecule has 2 N–H and O–H groups in total. The largest absolute Gasteiger partial charge is 0.481 e. The lowest BCUT2D eigenvalue weighted by molar-refractivity contribution is 0.102. The number of ether oxygens (including phenoxy) is 2. The van der Waals surface area contributed by atoms with E-state index in [4.69, 9.17) is 9.47 Å². The van der Waals surface area contributed by atoms with Crippen LogP contribution < -0.4 is 20.1 Å². The van der Waals surface area contributed by atoms with E-state index < -0.39 is 5.91 Å². The third-order valence-electron chi connectivity index (χ3n) is 2.16. The summed E-state index contributed by atoms with van der Waals surface area (Å²) in [7, 11) is 4.60. The van der Waals surface area contributed by atoms with Crippen LogP contribution in [0.3, 0.4) is 0 Å². The van der Waals surface area contributed by atoms with Crippen LogP contribution in [-0.4, -0.2) is 47.3 Å². The Morgan fingerprint density at radius 3 is 2.35 bits per heavy atom. The van der Waals surface area contributed by atoms with Crippen LogP contribution in [0, 0.1) is 0 Å². The van der Waals surface area contributed by atoms with Crippen LogP contribution >= 0.6 is 11.3 Å². The minimum atomic E-state index is -0.459. The number of hydrogen-bond donors (Lipinski definition) is 2. The number of anilines is 2. The van der Waals surface area contributed by atoms with Crippen LogP contribution in [-0.2, 0) is 0 Å². The summed E-state index contributed by atoms with van der Waals surface area (Å²) in [6.45, 7) is 0. The summed E-state index contributed by atoms with van der Waals surface area (Å²) in [6, 6.07) is 1.50. The highest BCUT2D eigenvalue weighted by Crippen LogP contribution is 2.19. The predicted molar refractivity (Wildman–Crippen MR) is 72.5 cm³/mol. The van der Waals surface area contributed by atoms with Crippen molar-refractivity contribution in [1.29, 1.82) is 0 Å². The van der Waals surface area contributed by atoms with Crippen molar-refractivity contribution in [2.75, 3.05) is 31.9 Å². The molecule has 0 radical (unpaired) electrons. The molecule has 2 aromatic rings. The van der Waals surface area contributed by atoms with Crippen molar-refractivity contribution >= 4 is 28.3 Å². The van der Waals surface area contributed by atoms with Crippen molar-refractivity contribution in [1.82, 2.24) is 20.2 Å². The standard InChI is InChI=1S/C10H12N6O3S/c1-11-10-16-15-8(20-10)7(17)14-9-12-5(18-2)4-6(13-9)19-3/h4H,1-3H3,(H,11,16)(H,12,13,14,17). The number of amides is 1. The molecule has 0 unspecified atom stereocenters. The van der Waals surface area contributed by atoms with E-state index in [9.17, 15) is 4.79 Å². The number of carbonyl (C=O) groups is 1. The fraction of sp³-hybridized carbons (Fsp3) is 0.300. The molecule has 0 saturated heterocycles. The first kappa shape index (κ1) is 13.9. The van der Waals surface area contributed by atoms with Gasteiger partial charge in [-0.1, -0.05) is 11.3 Å². The molecule has 1 amide bonds. The Morgan fingerprint density at radius 1 is 1.20 bits per heavy atom. The van der Waals surface area contributed by atoms with Crippen molar-refractivity contribution in [3.63, 3.8) is 0 Å². The molecule has 10 heteroatoms.